The van der Waals surface area contributed by atoms with Gasteiger partial charge in [0.2, 0.25) is 0 Å². The van der Waals surface area contributed by atoms with Crippen LogP contribution in [0.15, 0.2) is 71.8 Å². The molecule has 0 aliphatic carbocycles. The van der Waals surface area contributed by atoms with Gasteiger partial charge in [0, 0.05) is 24.0 Å². The molecule has 2 aromatic rings. The van der Waals surface area contributed by atoms with Crippen molar-refractivity contribution in [3.8, 4) is 0 Å². The number of rotatable bonds is 10. The summed E-state index contributed by atoms with van der Waals surface area (Å²) in [5.41, 5.74) is 5.67. The van der Waals surface area contributed by atoms with E-state index in [4.69, 9.17) is 5.73 Å². The van der Waals surface area contributed by atoms with Crippen molar-refractivity contribution in [3.63, 3.8) is 0 Å². The molecular formula is C36H58FN3O2S. The molecule has 5 nitrogen and oxygen atoms in total. The molecule has 1 atom stereocenters. The Morgan fingerprint density at radius 1 is 1.02 bits per heavy atom. The maximum absolute atomic E-state index is 13.3. The Bertz CT molecular complexity index is 1040. The standard InChI is InChI=1S/C23H23FN2O2S.C5H13N.C4H10.2C2H6/c1-2-3-4-5-12-23(17-27)16-25-21(14-20-7-6-13-29-20)22(28)26(23)15-18-8-10-19(24)11-9-18;1-3-5(6)4-2;1-3-4-2;2*1-2/h2-11,13-14,17,25H,12,15-16H2,1H3;5H,3-4,6H2,1-2H3;3-4H2,1-2H3;2*1-2H3/b3-2-,5-4-,21-14-;;;;. The first kappa shape index (κ1) is 42.1. The average molecular weight is 616 g/mol. The summed E-state index contributed by atoms with van der Waals surface area (Å²) in [7, 11) is 0. The van der Waals surface area contributed by atoms with E-state index in [0.29, 0.717) is 24.7 Å². The molecule has 1 saturated heterocycles. The van der Waals surface area contributed by atoms with Crippen LogP contribution >= 0.6 is 11.3 Å². The smallest absolute Gasteiger partial charge is 0.271 e. The van der Waals surface area contributed by atoms with Crippen molar-refractivity contribution in [1.82, 2.24) is 10.2 Å². The maximum atomic E-state index is 13.3. The predicted octanol–water partition coefficient (Wildman–Crippen LogP) is 9.31. The van der Waals surface area contributed by atoms with Crippen molar-refractivity contribution < 1.29 is 14.0 Å². The van der Waals surface area contributed by atoms with E-state index in [-0.39, 0.29) is 18.3 Å². The average Bonchev–Trinajstić information content (AvgIpc) is 3.58. The number of carbonyl (C=O) groups excluding carboxylic acids is 2. The molecule has 7 heteroatoms. The van der Waals surface area contributed by atoms with Crippen LogP contribution in [-0.4, -0.2) is 35.2 Å². The van der Waals surface area contributed by atoms with Gasteiger partial charge in [-0.15, -0.1) is 11.3 Å². The van der Waals surface area contributed by atoms with E-state index in [2.05, 4.69) is 33.0 Å². The summed E-state index contributed by atoms with van der Waals surface area (Å²) >= 11 is 1.53. The summed E-state index contributed by atoms with van der Waals surface area (Å²) in [6, 6.07) is 10.3. The SMILES string of the molecule is C/C=C\C=C/CC1(C=O)CN/C(=C\c2cccs2)C(=O)N1Cc1ccc(F)cc1.CC.CC.CCC(N)CC.CCCC. The molecule has 1 aromatic heterocycles. The lowest BCUT2D eigenvalue weighted by molar-refractivity contribution is -0.142. The summed E-state index contributed by atoms with van der Waals surface area (Å²) in [5, 5.41) is 5.09. The number of hydrogen-bond donors (Lipinski definition) is 2. The number of benzene rings is 1. The van der Waals surface area contributed by atoms with Gasteiger partial charge in [0.15, 0.2) is 0 Å². The van der Waals surface area contributed by atoms with Gasteiger partial charge in [-0.05, 0) is 61.4 Å². The van der Waals surface area contributed by atoms with Crippen LogP contribution in [0.2, 0.25) is 0 Å². The van der Waals surface area contributed by atoms with Gasteiger partial charge in [0.05, 0.1) is 0 Å². The van der Waals surface area contributed by atoms with Gasteiger partial charge in [-0.1, -0.05) is 111 Å². The zero-order chi connectivity index (χ0) is 33.1. The van der Waals surface area contributed by atoms with Gasteiger partial charge in [-0.2, -0.15) is 0 Å². The molecule has 3 N–H and O–H groups in total. The van der Waals surface area contributed by atoms with Crippen LogP contribution in [0.5, 0.6) is 0 Å². The summed E-state index contributed by atoms with van der Waals surface area (Å²) in [6.45, 7) is 19.0. The lowest BCUT2D eigenvalue weighted by Gasteiger charge is -2.44. The van der Waals surface area contributed by atoms with Crippen molar-refractivity contribution in [1.29, 1.82) is 0 Å². The topological polar surface area (TPSA) is 75.4 Å². The number of amides is 1. The second-order valence-corrected chi connectivity index (χ2v) is 10.4. The molecule has 0 saturated carbocycles. The number of aldehydes is 1. The maximum Gasteiger partial charge on any atom is 0.271 e. The first-order chi connectivity index (χ1) is 20.8. The Kier molecular flexibility index (Phi) is 26.0. The quantitative estimate of drug-likeness (QED) is 0.159. The Balaban J connectivity index is 0. The first-order valence-electron chi connectivity index (χ1n) is 15.9. The third kappa shape index (κ3) is 16.4. The predicted molar refractivity (Wildman–Crippen MR) is 186 cm³/mol. The molecule has 43 heavy (non-hydrogen) atoms. The van der Waals surface area contributed by atoms with Crippen LogP contribution in [0, 0.1) is 5.82 Å². The second kappa shape index (κ2) is 26.6. The molecule has 242 valence electrons. The summed E-state index contributed by atoms with van der Waals surface area (Å²) in [4.78, 5) is 28.1. The van der Waals surface area contributed by atoms with Crippen LogP contribution in [0.4, 0.5) is 4.39 Å². The molecule has 2 heterocycles. The molecule has 1 aliphatic rings. The van der Waals surface area contributed by atoms with Crippen molar-refractivity contribution in [2.24, 2.45) is 5.73 Å². The van der Waals surface area contributed by atoms with Crippen LogP contribution in [-0.2, 0) is 16.1 Å². The molecule has 0 bridgehead atoms. The van der Waals surface area contributed by atoms with Crippen molar-refractivity contribution in [2.45, 2.75) is 113 Å². The number of hydrogen-bond acceptors (Lipinski definition) is 5. The zero-order valence-corrected chi connectivity index (χ0v) is 29.0. The number of halogens is 1. The fraction of sp³-hybridized carbons (Fsp3) is 0.500. The first-order valence-corrected chi connectivity index (χ1v) is 16.7. The molecule has 3 rings (SSSR count). The third-order valence-corrected chi connectivity index (χ3v) is 7.18. The molecule has 1 aliphatic heterocycles. The second-order valence-electron chi connectivity index (χ2n) is 9.40. The Morgan fingerprint density at radius 3 is 2.07 bits per heavy atom. The Morgan fingerprint density at radius 2 is 1.63 bits per heavy atom. The van der Waals surface area contributed by atoms with Crippen LogP contribution < -0.4 is 11.1 Å². The summed E-state index contributed by atoms with van der Waals surface area (Å²) < 4.78 is 13.3. The van der Waals surface area contributed by atoms with Crippen LogP contribution in [0.25, 0.3) is 6.08 Å². The molecular weight excluding hydrogens is 557 g/mol. The van der Waals surface area contributed by atoms with Crippen LogP contribution in [0.1, 0.15) is 105 Å². The van der Waals surface area contributed by atoms with E-state index in [1.54, 1.807) is 23.1 Å². The van der Waals surface area contributed by atoms with Gasteiger partial charge in [0.25, 0.3) is 5.91 Å². The van der Waals surface area contributed by atoms with Gasteiger partial charge >= 0.3 is 0 Å². The molecule has 1 fully saturated rings. The van der Waals surface area contributed by atoms with Crippen LogP contribution in [0.3, 0.4) is 0 Å². The number of nitrogens with one attached hydrogen (secondary N) is 1. The van der Waals surface area contributed by atoms with E-state index in [0.717, 1.165) is 29.6 Å². The molecule has 1 aromatic carbocycles. The monoisotopic (exact) mass is 615 g/mol. The fourth-order valence-electron chi connectivity index (χ4n) is 3.48. The van der Waals surface area contributed by atoms with Gasteiger partial charge < -0.3 is 20.7 Å². The van der Waals surface area contributed by atoms with Crippen molar-refractivity contribution >= 4 is 29.6 Å². The van der Waals surface area contributed by atoms with Gasteiger partial charge in [0.1, 0.15) is 23.3 Å². The third-order valence-electron chi connectivity index (χ3n) is 6.36. The molecule has 1 unspecified atom stereocenters. The van der Waals surface area contributed by atoms with Crippen molar-refractivity contribution in [2.75, 3.05) is 6.54 Å². The highest BCUT2D eigenvalue weighted by molar-refractivity contribution is 7.10. The number of allylic oxidation sites excluding steroid dienone is 3. The van der Waals surface area contributed by atoms with Crippen molar-refractivity contribution in [3.05, 3.63) is 88.0 Å². The van der Waals surface area contributed by atoms with E-state index in [1.807, 2.05) is 76.4 Å². The van der Waals surface area contributed by atoms with E-state index in [1.165, 1.54) is 36.3 Å². The molecule has 0 radical (unpaired) electrons. The Labute approximate surface area is 266 Å². The minimum Gasteiger partial charge on any atom is -0.378 e. The summed E-state index contributed by atoms with van der Waals surface area (Å²) in [5.74, 6) is -0.588. The Hall–Kier alpha value is -3.03. The number of thiophene rings is 1. The van der Waals surface area contributed by atoms with Gasteiger partial charge in [-0.25, -0.2) is 4.39 Å². The summed E-state index contributed by atoms with van der Waals surface area (Å²) in [6.07, 6.45) is 15.4. The number of nitrogens with two attached hydrogens (primary N) is 1. The number of piperazine rings is 1. The fourth-order valence-corrected chi connectivity index (χ4v) is 4.14. The molecule has 1 amide bonds. The number of nitrogens with zero attached hydrogens (tertiary/aromatic N) is 1. The number of unbranched alkanes of at least 4 members (excludes halogenated alkanes) is 1. The minimum atomic E-state index is -1.02. The van der Waals surface area contributed by atoms with E-state index < -0.39 is 5.54 Å². The highest BCUT2D eigenvalue weighted by Gasteiger charge is 2.43. The van der Waals surface area contributed by atoms with E-state index in [9.17, 15) is 14.0 Å². The largest absolute Gasteiger partial charge is 0.378 e. The zero-order valence-electron chi connectivity index (χ0n) is 28.2. The van der Waals surface area contributed by atoms with Gasteiger partial charge in [-0.3, -0.25) is 4.79 Å². The number of carbonyl (C=O) groups is 2. The lowest BCUT2D eigenvalue weighted by Crippen LogP contribution is -2.63. The highest BCUT2D eigenvalue weighted by Crippen LogP contribution is 2.28. The molecule has 0 spiro atoms. The lowest BCUT2D eigenvalue weighted by atomic mass is 9.90. The normalized spacial score (nSPS) is 16.7. The highest BCUT2D eigenvalue weighted by atomic mass is 32.1. The minimum absolute atomic E-state index is 0.221. The van der Waals surface area contributed by atoms with E-state index >= 15 is 0 Å².